The van der Waals surface area contributed by atoms with Crippen LogP contribution in [-0.4, -0.2) is 16.9 Å². The summed E-state index contributed by atoms with van der Waals surface area (Å²) in [5, 5.41) is 9.28. The van der Waals surface area contributed by atoms with Gasteiger partial charge in [0.05, 0.1) is 6.04 Å². The Balaban J connectivity index is 2.44. The number of hydrogen-bond acceptors (Lipinski definition) is 4. The number of isocyanates is 1. The second-order valence-corrected chi connectivity index (χ2v) is 4.23. The Labute approximate surface area is 85.9 Å². The van der Waals surface area contributed by atoms with Gasteiger partial charge < -0.3 is 5.11 Å². The minimum Gasteiger partial charge on any atom is -0.508 e. The van der Waals surface area contributed by atoms with Crippen molar-refractivity contribution in [1.82, 2.24) is 0 Å². The Bertz CT molecular complexity index is 399. The lowest BCUT2D eigenvalue weighted by atomic mass is 10.0. The predicted octanol–water partition coefficient (Wildman–Crippen LogP) is 2.26. The molecule has 1 N–H and O–H groups in total. The number of phenolic OH excluding ortho intramolecular Hbond substituents is 1. The monoisotopic (exact) mass is 207 g/mol. The van der Waals surface area contributed by atoms with E-state index in [0.29, 0.717) is 0 Å². The number of thioether (sulfide) groups is 1. The van der Waals surface area contributed by atoms with Gasteiger partial charge in [0.1, 0.15) is 5.75 Å². The van der Waals surface area contributed by atoms with Crippen LogP contribution in [0.1, 0.15) is 18.0 Å². The number of aromatic hydroxyl groups is 1. The number of fused-ring (bicyclic) bond motifs is 1. The van der Waals surface area contributed by atoms with Crippen LogP contribution in [0.4, 0.5) is 0 Å². The fourth-order valence-electron chi connectivity index (χ4n) is 1.56. The molecule has 0 aliphatic carbocycles. The van der Waals surface area contributed by atoms with Gasteiger partial charge >= 0.3 is 0 Å². The molecule has 1 aliphatic rings. The van der Waals surface area contributed by atoms with Crippen molar-refractivity contribution in [2.24, 2.45) is 4.99 Å². The molecule has 0 fully saturated rings. The third-order valence-electron chi connectivity index (χ3n) is 2.21. The smallest absolute Gasteiger partial charge is 0.235 e. The fourth-order valence-corrected chi connectivity index (χ4v) is 2.69. The summed E-state index contributed by atoms with van der Waals surface area (Å²) in [5.74, 6) is 1.18. The maximum atomic E-state index is 10.2. The second kappa shape index (κ2) is 3.86. The van der Waals surface area contributed by atoms with Crippen LogP contribution < -0.4 is 0 Å². The van der Waals surface area contributed by atoms with Gasteiger partial charge in [-0.2, -0.15) is 4.99 Å². The van der Waals surface area contributed by atoms with E-state index < -0.39 is 0 Å². The van der Waals surface area contributed by atoms with Crippen LogP contribution in [0.15, 0.2) is 28.1 Å². The number of benzene rings is 1. The Hall–Kier alpha value is -1.25. The summed E-state index contributed by atoms with van der Waals surface area (Å²) in [4.78, 5) is 15.0. The van der Waals surface area contributed by atoms with Crippen molar-refractivity contribution >= 4 is 17.8 Å². The number of phenols is 1. The lowest BCUT2D eigenvalue weighted by Gasteiger charge is -2.20. The molecule has 4 heteroatoms. The Morgan fingerprint density at radius 1 is 1.57 bits per heavy atom. The van der Waals surface area contributed by atoms with Crippen LogP contribution in [-0.2, 0) is 4.79 Å². The van der Waals surface area contributed by atoms with Gasteiger partial charge in [-0.1, -0.05) is 6.07 Å². The van der Waals surface area contributed by atoms with E-state index in [-0.39, 0.29) is 11.8 Å². The Morgan fingerprint density at radius 3 is 3.21 bits per heavy atom. The lowest BCUT2D eigenvalue weighted by molar-refractivity contribution is 0.472. The molecule has 0 spiro atoms. The maximum absolute atomic E-state index is 10.2. The van der Waals surface area contributed by atoms with Crippen LogP contribution in [0.2, 0.25) is 0 Å². The first-order chi connectivity index (χ1) is 6.81. The molecular formula is C10H9NO2S. The molecule has 1 aromatic carbocycles. The molecule has 0 saturated heterocycles. The molecule has 0 aromatic heterocycles. The molecule has 14 heavy (non-hydrogen) atoms. The van der Waals surface area contributed by atoms with Gasteiger partial charge in [-0.15, -0.1) is 11.8 Å². The Morgan fingerprint density at radius 2 is 2.43 bits per heavy atom. The molecule has 1 aromatic rings. The van der Waals surface area contributed by atoms with Gasteiger partial charge in [-0.25, -0.2) is 4.79 Å². The molecule has 0 bridgehead atoms. The highest BCUT2D eigenvalue weighted by Gasteiger charge is 2.20. The molecule has 1 heterocycles. The zero-order valence-corrected chi connectivity index (χ0v) is 8.25. The van der Waals surface area contributed by atoms with E-state index in [2.05, 4.69) is 4.99 Å². The van der Waals surface area contributed by atoms with Gasteiger partial charge in [0, 0.05) is 10.6 Å². The first kappa shape index (κ1) is 9.31. The molecule has 1 aliphatic heterocycles. The van der Waals surface area contributed by atoms with E-state index in [1.165, 1.54) is 0 Å². The Kier molecular flexibility index (Phi) is 2.57. The van der Waals surface area contributed by atoms with E-state index in [1.807, 2.05) is 6.07 Å². The molecule has 3 nitrogen and oxygen atoms in total. The summed E-state index contributed by atoms with van der Waals surface area (Å²) >= 11 is 1.68. The summed E-state index contributed by atoms with van der Waals surface area (Å²) in [6.07, 6.45) is 2.45. The average Bonchev–Trinajstić information content (AvgIpc) is 2.18. The zero-order chi connectivity index (χ0) is 9.97. The molecule has 0 amide bonds. The molecular weight excluding hydrogens is 198 g/mol. The average molecular weight is 207 g/mol. The van der Waals surface area contributed by atoms with Crippen molar-refractivity contribution in [3.05, 3.63) is 23.8 Å². The van der Waals surface area contributed by atoms with Crippen LogP contribution in [0.3, 0.4) is 0 Å². The summed E-state index contributed by atoms with van der Waals surface area (Å²) in [5.41, 5.74) is 1.02. The SMILES string of the molecule is O=C=NC1CCSc2cc(O)ccc21. The molecule has 0 saturated carbocycles. The van der Waals surface area contributed by atoms with Gasteiger partial charge in [0.15, 0.2) is 0 Å². The van der Waals surface area contributed by atoms with Crippen molar-refractivity contribution in [3.63, 3.8) is 0 Å². The van der Waals surface area contributed by atoms with E-state index in [9.17, 15) is 9.90 Å². The normalized spacial score (nSPS) is 19.6. The molecule has 2 rings (SSSR count). The largest absolute Gasteiger partial charge is 0.508 e. The van der Waals surface area contributed by atoms with Gasteiger partial charge in [0.25, 0.3) is 0 Å². The summed E-state index contributed by atoms with van der Waals surface area (Å²) < 4.78 is 0. The van der Waals surface area contributed by atoms with Crippen molar-refractivity contribution in [2.75, 3.05) is 5.75 Å². The highest BCUT2D eigenvalue weighted by Crippen LogP contribution is 2.39. The minimum atomic E-state index is -0.0793. The third kappa shape index (κ3) is 1.67. The van der Waals surface area contributed by atoms with Crippen LogP contribution in [0.25, 0.3) is 0 Å². The van der Waals surface area contributed by atoms with Crippen molar-refractivity contribution in [2.45, 2.75) is 17.4 Å². The van der Waals surface area contributed by atoms with E-state index >= 15 is 0 Å². The molecule has 1 unspecified atom stereocenters. The van der Waals surface area contributed by atoms with Gasteiger partial charge in [0.2, 0.25) is 6.08 Å². The topological polar surface area (TPSA) is 49.7 Å². The highest BCUT2D eigenvalue weighted by atomic mass is 32.2. The second-order valence-electron chi connectivity index (χ2n) is 3.10. The molecule has 1 atom stereocenters. The molecule has 72 valence electrons. The van der Waals surface area contributed by atoms with E-state index in [4.69, 9.17) is 0 Å². The standard InChI is InChI=1S/C10H9NO2S/c12-6-11-9-3-4-14-10-5-7(13)1-2-8(9)10/h1-2,5,9,13H,3-4H2. The number of rotatable bonds is 1. The number of nitrogens with zero attached hydrogens (tertiary/aromatic N) is 1. The van der Waals surface area contributed by atoms with Crippen LogP contribution >= 0.6 is 11.8 Å². The first-order valence-corrected chi connectivity index (χ1v) is 5.32. The summed E-state index contributed by atoms with van der Waals surface area (Å²) in [7, 11) is 0. The third-order valence-corrected chi connectivity index (χ3v) is 3.32. The van der Waals surface area contributed by atoms with Crippen LogP contribution in [0, 0.1) is 0 Å². The fraction of sp³-hybridized carbons (Fsp3) is 0.300. The van der Waals surface area contributed by atoms with Crippen molar-refractivity contribution in [3.8, 4) is 5.75 Å². The van der Waals surface area contributed by atoms with Gasteiger partial charge in [-0.05, 0) is 24.1 Å². The maximum Gasteiger partial charge on any atom is 0.235 e. The molecule has 0 radical (unpaired) electrons. The predicted molar refractivity (Wildman–Crippen MR) is 54.3 cm³/mol. The first-order valence-electron chi connectivity index (χ1n) is 4.34. The number of aliphatic imine (C=N–C) groups is 1. The van der Waals surface area contributed by atoms with Gasteiger partial charge in [-0.3, -0.25) is 0 Å². The van der Waals surface area contributed by atoms with E-state index in [0.717, 1.165) is 22.6 Å². The quantitative estimate of drug-likeness (QED) is 0.567. The van der Waals surface area contributed by atoms with Crippen LogP contribution in [0.5, 0.6) is 5.75 Å². The summed E-state index contributed by atoms with van der Waals surface area (Å²) in [6, 6.07) is 5.08. The lowest BCUT2D eigenvalue weighted by Crippen LogP contribution is -2.04. The zero-order valence-electron chi connectivity index (χ0n) is 7.43. The minimum absolute atomic E-state index is 0.0793. The number of carbonyl (C=O) groups excluding carboxylic acids is 1. The van der Waals surface area contributed by atoms with E-state index in [1.54, 1.807) is 30.0 Å². The van der Waals surface area contributed by atoms with Crippen molar-refractivity contribution < 1.29 is 9.90 Å². The van der Waals surface area contributed by atoms with Crippen molar-refractivity contribution in [1.29, 1.82) is 0 Å². The highest BCUT2D eigenvalue weighted by molar-refractivity contribution is 7.99. The summed E-state index contributed by atoms with van der Waals surface area (Å²) in [6.45, 7) is 0. The number of hydrogen-bond donors (Lipinski definition) is 1.